The molecule has 1 aromatic carbocycles. The van der Waals surface area contributed by atoms with Crippen LogP contribution in [-0.4, -0.2) is 33.8 Å². The van der Waals surface area contributed by atoms with E-state index in [-0.39, 0.29) is 31.2 Å². The molecule has 1 fully saturated rings. The molecular weight excluding hydrogens is 352 g/mol. The molecule has 2 N–H and O–H groups in total. The maximum absolute atomic E-state index is 12.4. The number of anilines is 1. The molecule has 7 nitrogen and oxygen atoms in total. The van der Waals surface area contributed by atoms with E-state index in [0.717, 1.165) is 16.1 Å². The number of aromatic nitrogens is 1. The van der Waals surface area contributed by atoms with Crippen LogP contribution in [0.3, 0.4) is 0 Å². The lowest BCUT2D eigenvalue weighted by Crippen LogP contribution is -2.31. The number of aryl methyl sites for hydroxylation is 2. The zero-order valence-corrected chi connectivity index (χ0v) is 15.4. The Morgan fingerprint density at radius 2 is 2.00 bits per heavy atom. The van der Waals surface area contributed by atoms with Crippen LogP contribution >= 0.6 is 11.3 Å². The Balaban J connectivity index is 1.53. The molecule has 1 atom stereocenters. The quantitative estimate of drug-likeness (QED) is 0.763. The Morgan fingerprint density at radius 1 is 1.27 bits per heavy atom. The van der Waals surface area contributed by atoms with Crippen molar-refractivity contribution in [3.05, 3.63) is 46.5 Å². The van der Waals surface area contributed by atoms with E-state index in [1.165, 1.54) is 16.2 Å². The average molecular weight is 372 g/mol. The number of carbonyl (C=O) groups is 3. The van der Waals surface area contributed by atoms with Gasteiger partial charge in [-0.25, -0.2) is 9.78 Å². The van der Waals surface area contributed by atoms with E-state index in [2.05, 4.69) is 15.6 Å². The molecule has 2 heterocycles. The monoisotopic (exact) mass is 372 g/mol. The molecule has 0 aliphatic carbocycles. The summed E-state index contributed by atoms with van der Waals surface area (Å²) in [6.45, 7) is 4.05. The normalized spacial score (nSPS) is 16.7. The Labute approximate surface area is 155 Å². The number of nitrogens with one attached hydrogen (secondary N) is 2. The number of hydrogen-bond acceptors (Lipinski definition) is 5. The van der Waals surface area contributed by atoms with Gasteiger partial charge in [0.05, 0.1) is 12.2 Å². The zero-order valence-electron chi connectivity index (χ0n) is 14.6. The highest BCUT2D eigenvalue weighted by Crippen LogP contribution is 2.21. The van der Waals surface area contributed by atoms with E-state index < -0.39 is 12.1 Å². The van der Waals surface area contributed by atoms with Gasteiger partial charge >= 0.3 is 6.03 Å². The maximum atomic E-state index is 12.4. The standard InChI is InChI=1S/C18H20N4O3S/c1-11-12(2)26-17(19-11)21-15(23)9-8-14-16(24)22(18(25)20-14)10-13-6-4-3-5-7-13/h3-7,14H,8-10H2,1-2H3,(H,20,25)(H,19,21,23)/t14-/m1/s1. The summed E-state index contributed by atoms with van der Waals surface area (Å²) in [5, 5.41) is 5.94. The van der Waals surface area contributed by atoms with E-state index in [0.29, 0.717) is 5.13 Å². The molecule has 8 heteroatoms. The Bertz CT molecular complexity index is 815. The Kier molecular flexibility index (Phi) is 5.32. The van der Waals surface area contributed by atoms with E-state index in [1.54, 1.807) is 0 Å². The van der Waals surface area contributed by atoms with Gasteiger partial charge in [0, 0.05) is 11.3 Å². The van der Waals surface area contributed by atoms with Crippen LogP contribution in [0.25, 0.3) is 0 Å². The van der Waals surface area contributed by atoms with Crippen molar-refractivity contribution in [1.29, 1.82) is 0 Å². The number of hydrogen-bond donors (Lipinski definition) is 2. The third-order valence-corrected chi connectivity index (χ3v) is 5.21. The summed E-state index contributed by atoms with van der Waals surface area (Å²) in [6.07, 6.45) is 0.387. The lowest BCUT2D eigenvalue weighted by Gasteiger charge is -2.13. The average Bonchev–Trinajstić information content (AvgIpc) is 3.06. The van der Waals surface area contributed by atoms with Gasteiger partial charge < -0.3 is 10.6 Å². The fraction of sp³-hybridized carbons (Fsp3) is 0.333. The topological polar surface area (TPSA) is 91.4 Å². The SMILES string of the molecule is Cc1nc(NC(=O)CC[C@H]2NC(=O)N(Cc3ccccc3)C2=O)sc1C. The first-order valence-corrected chi connectivity index (χ1v) is 9.15. The second-order valence-corrected chi connectivity index (χ2v) is 7.36. The van der Waals surface area contributed by atoms with Crippen molar-refractivity contribution in [1.82, 2.24) is 15.2 Å². The predicted octanol–water partition coefficient (Wildman–Crippen LogP) is 2.60. The van der Waals surface area contributed by atoms with Crippen molar-refractivity contribution in [3.8, 4) is 0 Å². The fourth-order valence-corrected chi connectivity index (χ4v) is 3.50. The molecule has 2 aromatic rings. The van der Waals surface area contributed by atoms with Crippen molar-refractivity contribution >= 4 is 34.3 Å². The first-order valence-electron chi connectivity index (χ1n) is 8.33. The van der Waals surface area contributed by atoms with Gasteiger partial charge in [0.15, 0.2) is 5.13 Å². The van der Waals surface area contributed by atoms with Crippen LogP contribution in [0, 0.1) is 13.8 Å². The van der Waals surface area contributed by atoms with Gasteiger partial charge in [0.2, 0.25) is 5.91 Å². The highest BCUT2D eigenvalue weighted by atomic mass is 32.1. The molecule has 0 saturated carbocycles. The van der Waals surface area contributed by atoms with Crippen LogP contribution in [0.15, 0.2) is 30.3 Å². The van der Waals surface area contributed by atoms with Crippen LogP contribution in [0.1, 0.15) is 29.0 Å². The van der Waals surface area contributed by atoms with Gasteiger partial charge in [-0.05, 0) is 25.8 Å². The van der Waals surface area contributed by atoms with Crippen molar-refractivity contribution in [2.24, 2.45) is 0 Å². The summed E-state index contributed by atoms with van der Waals surface area (Å²) < 4.78 is 0. The highest BCUT2D eigenvalue weighted by molar-refractivity contribution is 7.15. The molecule has 136 valence electrons. The first-order chi connectivity index (χ1) is 12.4. The molecule has 26 heavy (non-hydrogen) atoms. The predicted molar refractivity (Wildman–Crippen MR) is 98.8 cm³/mol. The first kappa shape index (κ1) is 18.1. The molecule has 0 unspecified atom stereocenters. The molecule has 1 aromatic heterocycles. The largest absolute Gasteiger partial charge is 0.326 e. The molecule has 0 bridgehead atoms. The maximum Gasteiger partial charge on any atom is 0.325 e. The van der Waals surface area contributed by atoms with Gasteiger partial charge in [-0.2, -0.15) is 0 Å². The van der Waals surface area contributed by atoms with Gasteiger partial charge in [-0.1, -0.05) is 30.3 Å². The number of benzene rings is 1. The Hall–Kier alpha value is -2.74. The van der Waals surface area contributed by atoms with Gasteiger partial charge in [0.1, 0.15) is 6.04 Å². The number of imide groups is 1. The number of thiazole rings is 1. The van der Waals surface area contributed by atoms with E-state index in [9.17, 15) is 14.4 Å². The highest BCUT2D eigenvalue weighted by Gasteiger charge is 2.37. The minimum absolute atomic E-state index is 0.132. The van der Waals surface area contributed by atoms with Crippen LogP contribution in [0.4, 0.5) is 9.93 Å². The summed E-state index contributed by atoms with van der Waals surface area (Å²) >= 11 is 1.42. The van der Waals surface area contributed by atoms with Gasteiger partial charge in [-0.3, -0.25) is 14.5 Å². The van der Waals surface area contributed by atoms with Crippen LogP contribution in [-0.2, 0) is 16.1 Å². The van der Waals surface area contributed by atoms with E-state index in [1.807, 2.05) is 44.2 Å². The van der Waals surface area contributed by atoms with Gasteiger partial charge in [-0.15, -0.1) is 11.3 Å². The summed E-state index contributed by atoms with van der Waals surface area (Å²) in [7, 11) is 0. The minimum atomic E-state index is -0.670. The van der Waals surface area contributed by atoms with Crippen molar-refractivity contribution in [2.75, 3.05) is 5.32 Å². The molecular formula is C18H20N4O3S. The molecule has 0 radical (unpaired) electrons. The molecule has 0 spiro atoms. The van der Waals surface area contributed by atoms with Crippen LogP contribution < -0.4 is 10.6 Å². The van der Waals surface area contributed by atoms with Gasteiger partial charge in [0.25, 0.3) is 5.91 Å². The summed E-state index contributed by atoms with van der Waals surface area (Å²) in [5.74, 6) is -0.519. The van der Waals surface area contributed by atoms with Crippen LogP contribution in [0.5, 0.6) is 0 Å². The lowest BCUT2D eigenvalue weighted by atomic mass is 10.1. The lowest BCUT2D eigenvalue weighted by molar-refractivity contribution is -0.128. The fourth-order valence-electron chi connectivity index (χ4n) is 2.67. The minimum Gasteiger partial charge on any atom is -0.326 e. The number of urea groups is 1. The number of carbonyl (C=O) groups excluding carboxylic acids is 3. The van der Waals surface area contributed by atoms with Crippen molar-refractivity contribution in [3.63, 3.8) is 0 Å². The Morgan fingerprint density at radius 3 is 2.65 bits per heavy atom. The smallest absolute Gasteiger partial charge is 0.325 e. The van der Waals surface area contributed by atoms with E-state index in [4.69, 9.17) is 0 Å². The van der Waals surface area contributed by atoms with Crippen molar-refractivity contribution in [2.45, 2.75) is 39.3 Å². The summed E-state index contributed by atoms with van der Waals surface area (Å²) in [6, 6.07) is 8.23. The molecule has 1 aliphatic heterocycles. The summed E-state index contributed by atoms with van der Waals surface area (Å²) in [5.41, 5.74) is 1.77. The van der Waals surface area contributed by atoms with Crippen LogP contribution in [0.2, 0.25) is 0 Å². The second kappa shape index (κ2) is 7.65. The number of rotatable bonds is 6. The number of nitrogens with zero attached hydrogens (tertiary/aromatic N) is 2. The summed E-state index contributed by atoms with van der Waals surface area (Å²) in [4.78, 5) is 43.1. The molecule has 1 aliphatic rings. The second-order valence-electron chi connectivity index (χ2n) is 6.16. The third-order valence-electron chi connectivity index (χ3n) is 4.23. The van der Waals surface area contributed by atoms with E-state index >= 15 is 0 Å². The molecule has 4 amide bonds. The molecule has 3 rings (SSSR count). The molecule has 1 saturated heterocycles. The number of amides is 4. The van der Waals surface area contributed by atoms with Crippen molar-refractivity contribution < 1.29 is 14.4 Å². The third kappa shape index (κ3) is 4.08. The zero-order chi connectivity index (χ0) is 18.7.